The first-order valence-electron chi connectivity index (χ1n) is 9.16. The zero-order valence-electron chi connectivity index (χ0n) is 15.1. The molecule has 0 spiro atoms. The molecule has 0 atom stereocenters. The minimum absolute atomic E-state index is 0.256. The third-order valence-electron chi connectivity index (χ3n) is 4.05. The number of rotatable bonds is 13. The van der Waals surface area contributed by atoms with Gasteiger partial charge in [0, 0.05) is 0 Å². The van der Waals surface area contributed by atoms with Crippen molar-refractivity contribution in [1.29, 1.82) is 0 Å². The van der Waals surface area contributed by atoms with Crippen LogP contribution in [0.4, 0.5) is 0 Å². The predicted molar refractivity (Wildman–Crippen MR) is 99.4 cm³/mol. The Kier molecular flexibility index (Phi) is 10.0. The van der Waals surface area contributed by atoms with E-state index in [1.807, 2.05) is 0 Å². The molecule has 4 nitrogen and oxygen atoms in total. The quantitative estimate of drug-likeness (QED) is 0.407. The van der Waals surface area contributed by atoms with E-state index >= 15 is 0 Å². The second kappa shape index (κ2) is 11.5. The van der Waals surface area contributed by atoms with Crippen LogP contribution in [0.5, 0.6) is 5.75 Å². The molecule has 1 aromatic carbocycles. The molecule has 0 saturated heterocycles. The van der Waals surface area contributed by atoms with Crippen LogP contribution in [-0.2, 0) is 23.0 Å². The summed E-state index contributed by atoms with van der Waals surface area (Å²) in [6.07, 6.45) is 9.44. The molecule has 0 heterocycles. The molecule has 1 rings (SSSR count). The number of benzene rings is 1. The lowest BCUT2D eigenvalue weighted by molar-refractivity contribution is 0.312. The molecule has 0 fully saturated rings. The second-order valence-corrected chi connectivity index (χ2v) is 7.92. The van der Waals surface area contributed by atoms with E-state index in [0.717, 1.165) is 25.0 Å². The molecular formula is C19H32O4S. The van der Waals surface area contributed by atoms with Gasteiger partial charge in [0.05, 0.1) is 12.4 Å². The largest absolute Gasteiger partial charge is 0.493 e. The molecule has 0 aliphatic heterocycles. The molecule has 0 aromatic heterocycles. The summed E-state index contributed by atoms with van der Waals surface area (Å²) in [4.78, 5) is 0. The van der Waals surface area contributed by atoms with Crippen molar-refractivity contribution in [2.45, 2.75) is 71.6 Å². The number of hydrogen-bond donors (Lipinski definition) is 1. The smallest absolute Gasteiger partial charge is 0.264 e. The van der Waals surface area contributed by atoms with Crippen LogP contribution in [0.3, 0.4) is 0 Å². The van der Waals surface area contributed by atoms with Crippen molar-refractivity contribution in [3.8, 4) is 5.75 Å². The molecule has 1 N–H and O–H groups in total. The highest BCUT2D eigenvalue weighted by molar-refractivity contribution is 7.85. The van der Waals surface area contributed by atoms with Gasteiger partial charge in [0.2, 0.25) is 0 Å². The third-order valence-corrected chi connectivity index (χ3v) is 4.86. The highest BCUT2D eigenvalue weighted by Gasteiger charge is 2.08. The van der Waals surface area contributed by atoms with E-state index < -0.39 is 10.1 Å². The highest BCUT2D eigenvalue weighted by Crippen LogP contribution is 2.24. The van der Waals surface area contributed by atoms with Gasteiger partial charge in [0.25, 0.3) is 10.1 Å². The molecule has 0 aliphatic rings. The molecule has 0 amide bonds. The van der Waals surface area contributed by atoms with Crippen molar-refractivity contribution < 1.29 is 17.7 Å². The standard InChI is InChI=1S/C19H32O4S/c1-3-5-7-10-17-12-13-18(11-8-6-4-2)19(16-17)23-14-9-15-24(20,21)22/h12-13,16H,3-11,14-15H2,1-2H3,(H,20,21,22). The van der Waals surface area contributed by atoms with Gasteiger partial charge in [-0.2, -0.15) is 8.42 Å². The summed E-state index contributed by atoms with van der Waals surface area (Å²) in [5.41, 5.74) is 2.46. The minimum atomic E-state index is -3.91. The second-order valence-electron chi connectivity index (χ2n) is 6.34. The Morgan fingerprint density at radius 1 is 0.958 bits per heavy atom. The lowest BCUT2D eigenvalue weighted by Gasteiger charge is -2.13. The maximum absolute atomic E-state index is 10.8. The molecule has 138 valence electrons. The average Bonchev–Trinajstić information content (AvgIpc) is 2.53. The Balaban J connectivity index is 2.67. The zero-order chi connectivity index (χ0) is 17.8. The van der Waals surface area contributed by atoms with Crippen molar-refractivity contribution in [1.82, 2.24) is 0 Å². The first-order chi connectivity index (χ1) is 11.5. The van der Waals surface area contributed by atoms with Gasteiger partial charge in [-0.1, -0.05) is 51.7 Å². The zero-order valence-corrected chi connectivity index (χ0v) is 15.9. The van der Waals surface area contributed by atoms with Crippen molar-refractivity contribution in [2.24, 2.45) is 0 Å². The monoisotopic (exact) mass is 356 g/mol. The van der Waals surface area contributed by atoms with E-state index in [0.29, 0.717) is 13.0 Å². The predicted octanol–water partition coefficient (Wildman–Crippen LogP) is 4.81. The molecule has 1 aromatic rings. The van der Waals surface area contributed by atoms with Crippen molar-refractivity contribution in [3.05, 3.63) is 29.3 Å². The van der Waals surface area contributed by atoms with E-state index in [4.69, 9.17) is 9.29 Å². The summed E-state index contributed by atoms with van der Waals surface area (Å²) >= 11 is 0. The van der Waals surface area contributed by atoms with E-state index in [2.05, 4.69) is 32.0 Å². The van der Waals surface area contributed by atoms with E-state index in [1.165, 1.54) is 43.2 Å². The van der Waals surface area contributed by atoms with Gasteiger partial charge in [-0.3, -0.25) is 4.55 Å². The van der Waals surface area contributed by atoms with Gasteiger partial charge >= 0.3 is 0 Å². The number of aryl methyl sites for hydroxylation is 2. The summed E-state index contributed by atoms with van der Waals surface area (Å²) in [5, 5.41) is 0. The van der Waals surface area contributed by atoms with E-state index in [1.54, 1.807) is 0 Å². The molecule has 24 heavy (non-hydrogen) atoms. The molecule has 0 unspecified atom stereocenters. The average molecular weight is 357 g/mol. The summed E-state index contributed by atoms with van der Waals surface area (Å²) < 4.78 is 36.2. The SMILES string of the molecule is CCCCCc1ccc(CCCCC)c(OCCCS(=O)(=O)O)c1. The van der Waals surface area contributed by atoms with Crippen LogP contribution in [-0.4, -0.2) is 25.3 Å². The van der Waals surface area contributed by atoms with Gasteiger partial charge in [0.1, 0.15) is 5.75 Å². The van der Waals surface area contributed by atoms with Gasteiger partial charge in [-0.05, 0) is 49.3 Å². The fourth-order valence-corrected chi connectivity index (χ4v) is 3.15. The third kappa shape index (κ3) is 9.28. The van der Waals surface area contributed by atoms with Crippen LogP contribution in [0.25, 0.3) is 0 Å². The number of unbranched alkanes of at least 4 members (excludes halogenated alkanes) is 4. The summed E-state index contributed by atoms with van der Waals surface area (Å²) in [6.45, 7) is 4.68. The Morgan fingerprint density at radius 3 is 2.25 bits per heavy atom. The maximum Gasteiger partial charge on any atom is 0.264 e. The van der Waals surface area contributed by atoms with Crippen LogP contribution in [0, 0.1) is 0 Å². The molecule has 0 saturated carbocycles. The lowest BCUT2D eigenvalue weighted by Crippen LogP contribution is -2.09. The van der Waals surface area contributed by atoms with Crippen LogP contribution in [0.15, 0.2) is 18.2 Å². The van der Waals surface area contributed by atoms with Crippen LogP contribution in [0.1, 0.15) is 69.9 Å². The fourth-order valence-electron chi connectivity index (χ4n) is 2.66. The van der Waals surface area contributed by atoms with Crippen molar-refractivity contribution >= 4 is 10.1 Å². The normalized spacial score (nSPS) is 11.6. The molecule has 5 heteroatoms. The lowest BCUT2D eigenvalue weighted by atomic mass is 10.0. The Bertz CT molecular complexity index is 567. The summed E-state index contributed by atoms with van der Waals surface area (Å²) in [5.74, 6) is 0.615. The summed E-state index contributed by atoms with van der Waals surface area (Å²) in [6, 6.07) is 6.43. The molecular weight excluding hydrogens is 324 g/mol. The van der Waals surface area contributed by atoms with Crippen LogP contribution in [0.2, 0.25) is 0 Å². The van der Waals surface area contributed by atoms with Gasteiger partial charge in [0.15, 0.2) is 0 Å². The van der Waals surface area contributed by atoms with Gasteiger partial charge in [-0.15, -0.1) is 0 Å². The van der Waals surface area contributed by atoms with E-state index in [-0.39, 0.29) is 5.75 Å². The van der Waals surface area contributed by atoms with E-state index in [9.17, 15) is 8.42 Å². The van der Waals surface area contributed by atoms with Crippen LogP contribution >= 0.6 is 0 Å². The van der Waals surface area contributed by atoms with Gasteiger partial charge in [-0.25, -0.2) is 0 Å². The Morgan fingerprint density at radius 2 is 1.62 bits per heavy atom. The first kappa shape index (κ1) is 21.0. The van der Waals surface area contributed by atoms with Gasteiger partial charge < -0.3 is 4.74 Å². The molecule has 0 bridgehead atoms. The van der Waals surface area contributed by atoms with Crippen molar-refractivity contribution in [2.75, 3.05) is 12.4 Å². The van der Waals surface area contributed by atoms with Crippen molar-refractivity contribution in [3.63, 3.8) is 0 Å². The Hall–Kier alpha value is -1.07. The fraction of sp³-hybridized carbons (Fsp3) is 0.684. The molecule has 0 radical (unpaired) electrons. The number of hydrogen-bond acceptors (Lipinski definition) is 3. The van der Waals surface area contributed by atoms with Crippen LogP contribution < -0.4 is 4.74 Å². The minimum Gasteiger partial charge on any atom is -0.493 e. The first-order valence-corrected chi connectivity index (χ1v) is 10.8. The molecule has 0 aliphatic carbocycles. The Labute approximate surface area is 147 Å². The highest BCUT2D eigenvalue weighted by atomic mass is 32.2. The summed E-state index contributed by atoms with van der Waals surface area (Å²) in [7, 11) is -3.91. The topological polar surface area (TPSA) is 63.6 Å². The maximum atomic E-state index is 10.8. The number of ether oxygens (including phenoxy) is 1.